The number of nitrogens with one attached hydrogen (secondary N) is 2. The average molecular weight is 572 g/mol. The van der Waals surface area contributed by atoms with Gasteiger partial charge in [-0.15, -0.1) is 0 Å². The lowest BCUT2D eigenvalue weighted by atomic mass is 9.89. The van der Waals surface area contributed by atoms with Crippen molar-refractivity contribution in [2.24, 2.45) is 0 Å². The maximum Gasteiger partial charge on any atom is 0.227 e. The Balaban J connectivity index is 1.36. The Morgan fingerprint density at radius 2 is 1.77 bits per heavy atom. The fourth-order valence-corrected chi connectivity index (χ4v) is 6.92. The van der Waals surface area contributed by atoms with Gasteiger partial charge in [-0.3, -0.25) is 4.79 Å². The summed E-state index contributed by atoms with van der Waals surface area (Å²) in [6.45, 7) is 0.908. The molecule has 0 spiro atoms. The second-order valence-electron chi connectivity index (χ2n) is 9.92. The Morgan fingerprint density at radius 3 is 2.46 bits per heavy atom. The van der Waals surface area contributed by atoms with Crippen LogP contribution in [0.1, 0.15) is 42.0 Å². The molecule has 0 aliphatic carbocycles. The summed E-state index contributed by atoms with van der Waals surface area (Å²) in [5.74, 6) is 1.05. The molecule has 2 N–H and O–H groups in total. The molecule has 39 heavy (non-hydrogen) atoms. The van der Waals surface area contributed by atoms with Gasteiger partial charge in [0, 0.05) is 30.3 Å². The minimum absolute atomic E-state index is 0.00704. The number of rotatable bonds is 8. The lowest BCUT2D eigenvalue weighted by molar-refractivity contribution is -0.120. The highest BCUT2D eigenvalue weighted by atomic mass is 35.5. The van der Waals surface area contributed by atoms with Crippen molar-refractivity contribution in [2.45, 2.75) is 42.9 Å². The van der Waals surface area contributed by atoms with Gasteiger partial charge in [0.25, 0.3) is 0 Å². The average Bonchev–Trinajstić information content (AvgIpc) is 2.93. The zero-order valence-electron chi connectivity index (χ0n) is 21.5. The van der Waals surface area contributed by atoms with Gasteiger partial charge in [-0.25, -0.2) is 17.8 Å². The largest absolute Gasteiger partial charge is 0.353 e. The summed E-state index contributed by atoms with van der Waals surface area (Å²) in [4.78, 5) is 23.6. The van der Waals surface area contributed by atoms with Gasteiger partial charge in [0.2, 0.25) is 11.9 Å². The number of piperidine rings is 1. The number of anilines is 3. The van der Waals surface area contributed by atoms with Crippen LogP contribution in [0.3, 0.4) is 0 Å². The number of fused-ring (bicyclic) bond motifs is 1. The summed E-state index contributed by atoms with van der Waals surface area (Å²) in [6.07, 6.45) is 3.11. The van der Waals surface area contributed by atoms with Crippen molar-refractivity contribution in [3.05, 3.63) is 70.4 Å². The van der Waals surface area contributed by atoms with E-state index < -0.39 is 16.5 Å². The molecule has 8 nitrogen and oxygen atoms in total. The van der Waals surface area contributed by atoms with Crippen LogP contribution in [0.25, 0.3) is 0 Å². The fourth-order valence-electron chi connectivity index (χ4n) is 5.16. The predicted octanol–water partition coefficient (Wildman–Crippen LogP) is 4.61. The van der Waals surface area contributed by atoms with E-state index in [0.29, 0.717) is 36.1 Å². The van der Waals surface area contributed by atoms with E-state index in [0.717, 1.165) is 36.5 Å². The summed E-state index contributed by atoms with van der Waals surface area (Å²) in [7, 11) is -3.52. The second-order valence-corrected chi connectivity index (χ2v) is 12.4. The molecule has 2 aromatic carbocycles. The van der Waals surface area contributed by atoms with Gasteiger partial charge >= 0.3 is 0 Å². The summed E-state index contributed by atoms with van der Waals surface area (Å²) >= 11 is 6.05. The Morgan fingerprint density at radius 1 is 1.05 bits per heavy atom. The maximum atomic E-state index is 13.0. The van der Waals surface area contributed by atoms with Crippen LogP contribution in [-0.2, 0) is 27.5 Å². The van der Waals surface area contributed by atoms with Crippen molar-refractivity contribution in [3.8, 4) is 0 Å². The zero-order chi connectivity index (χ0) is 27.4. The third-order valence-corrected chi connectivity index (χ3v) is 9.31. The van der Waals surface area contributed by atoms with Crippen LogP contribution in [0.4, 0.5) is 21.8 Å². The number of benzene rings is 2. The van der Waals surface area contributed by atoms with E-state index in [1.165, 1.54) is 5.56 Å². The van der Waals surface area contributed by atoms with Crippen LogP contribution in [0.2, 0.25) is 5.02 Å². The molecule has 0 radical (unpaired) electrons. The van der Waals surface area contributed by atoms with E-state index in [1.54, 1.807) is 24.3 Å². The highest BCUT2D eigenvalue weighted by Crippen LogP contribution is 2.35. The first-order valence-electron chi connectivity index (χ1n) is 13.1. The van der Waals surface area contributed by atoms with Crippen LogP contribution in [0, 0.1) is 0 Å². The Bertz CT molecular complexity index is 1430. The molecular formula is C28H31ClFN5O3S. The number of aryl methyl sites for hydroxylation is 1. The minimum Gasteiger partial charge on any atom is -0.353 e. The molecule has 1 saturated heterocycles. The van der Waals surface area contributed by atoms with Crippen molar-refractivity contribution in [1.82, 2.24) is 15.3 Å². The number of halogens is 2. The molecule has 2 aliphatic heterocycles. The van der Waals surface area contributed by atoms with Crippen molar-refractivity contribution in [2.75, 3.05) is 42.3 Å². The number of sulfone groups is 1. The van der Waals surface area contributed by atoms with E-state index in [4.69, 9.17) is 21.6 Å². The van der Waals surface area contributed by atoms with Crippen LogP contribution in [-0.4, -0.2) is 56.4 Å². The number of hydrogen-bond donors (Lipinski definition) is 2. The molecule has 2 aliphatic rings. The highest BCUT2D eigenvalue weighted by Gasteiger charge is 2.32. The minimum atomic E-state index is -3.52. The van der Waals surface area contributed by atoms with E-state index >= 15 is 0 Å². The van der Waals surface area contributed by atoms with Gasteiger partial charge in [-0.2, -0.15) is 4.98 Å². The normalized spacial score (nSPS) is 16.9. The molecule has 0 saturated carbocycles. The molecule has 5 rings (SSSR count). The van der Waals surface area contributed by atoms with Gasteiger partial charge in [0.05, 0.1) is 17.9 Å². The second kappa shape index (κ2) is 11.9. The summed E-state index contributed by atoms with van der Waals surface area (Å²) in [6, 6.07) is 15.1. The summed E-state index contributed by atoms with van der Waals surface area (Å²) < 4.78 is 38.4. The lowest BCUT2D eigenvalue weighted by Crippen LogP contribution is -2.35. The van der Waals surface area contributed by atoms with Gasteiger partial charge < -0.3 is 15.5 Å². The van der Waals surface area contributed by atoms with E-state index in [9.17, 15) is 17.6 Å². The summed E-state index contributed by atoms with van der Waals surface area (Å²) in [5.41, 5.74) is 3.23. The molecular weight excluding hydrogens is 541 g/mol. The molecule has 3 aromatic rings. The first-order chi connectivity index (χ1) is 18.8. The molecule has 0 atom stereocenters. The molecule has 0 unspecified atom stereocenters. The van der Waals surface area contributed by atoms with E-state index in [1.807, 2.05) is 12.1 Å². The van der Waals surface area contributed by atoms with E-state index in [-0.39, 0.29) is 35.3 Å². The highest BCUT2D eigenvalue weighted by molar-refractivity contribution is 7.91. The van der Waals surface area contributed by atoms with Crippen molar-refractivity contribution in [3.63, 3.8) is 0 Å². The fraction of sp³-hybridized carbons (Fsp3) is 0.393. The molecule has 1 aromatic heterocycles. The summed E-state index contributed by atoms with van der Waals surface area (Å²) in [5, 5.41) is 6.43. The molecule has 206 valence electrons. The lowest BCUT2D eigenvalue weighted by Gasteiger charge is -2.33. The van der Waals surface area contributed by atoms with Crippen molar-refractivity contribution in [1.29, 1.82) is 0 Å². The monoisotopic (exact) mass is 571 g/mol. The number of alkyl halides is 1. The Hall–Kier alpha value is -3.24. The first kappa shape index (κ1) is 27.3. The standard InChI is InChI=1S/C28H31ClFN5O3S/c29-22-7-5-20(6-8-22)21-11-15-35(16-12-21)28-33-24-2-1-17-39(37,38)26(24)27(34-28)32-23-9-3-19(4-10-23)18-25(36)31-14-13-30/h3-10,21H,1-2,11-18H2,(H,31,36)(H,32,33,34). The number of nitrogens with zero attached hydrogens (tertiary/aromatic N) is 3. The van der Waals surface area contributed by atoms with Gasteiger partial charge in [0.1, 0.15) is 11.6 Å². The number of hydrogen-bond acceptors (Lipinski definition) is 7. The topological polar surface area (TPSA) is 104 Å². The molecule has 1 amide bonds. The van der Waals surface area contributed by atoms with Crippen LogP contribution >= 0.6 is 11.6 Å². The number of amides is 1. The Kier molecular flexibility index (Phi) is 8.32. The SMILES string of the molecule is O=C(Cc1ccc(Nc2nc(N3CCC(c4ccc(Cl)cc4)CC3)nc3c2S(=O)(=O)CCC3)cc1)NCCF. The van der Waals surface area contributed by atoms with Crippen LogP contribution in [0.5, 0.6) is 0 Å². The van der Waals surface area contributed by atoms with Gasteiger partial charge in [0.15, 0.2) is 15.7 Å². The smallest absolute Gasteiger partial charge is 0.227 e. The quantitative estimate of drug-likeness (QED) is 0.407. The molecule has 3 heterocycles. The third kappa shape index (κ3) is 6.50. The van der Waals surface area contributed by atoms with Crippen molar-refractivity contribution < 1.29 is 17.6 Å². The van der Waals surface area contributed by atoms with Gasteiger partial charge in [-0.1, -0.05) is 35.9 Å². The van der Waals surface area contributed by atoms with Crippen molar-refractivity contribution >= 4 is 44.8 Å². The number of carbonyl (C=O) groups is 1. The molecule has 11 heteroatoms. The number of carbonyl (C=O) groups excluding carboxylic acids is 1. The first-order valence-corrected chi connectivity index (χ1v) is 15.2. The van der Waals surface area contributed by atoms with Crippen LogP contribution < -0.4 is 15.5 Å². The van der Waals surface area contributed by atoms with Crippen LogP contribution in [0.15, 0.2) is 53.4 Å². The van der Waals surface area contributed by atoms with Gasteiger partial charge in [-0.05, 0) is 67.0 Å². The number of aromatic nitrogens is 2. The third-order valence-electron chi connectivity index (χ3n) is 7.18. The molecule has 1 fully saturated rings. The molecule has 0 bridgehead atoms. The Labute approximate surface area is 232 Å². The zero-order valence-corrected chi connectivity index (χ0v) is 23.1. The van der Waals surface area contributed by atoms with E-state index in [2.05, 4.69) is 27.7 Å². The maximum absolute atomic E-state index is 13.0. The predicted molar refractivity (Wildman–Crippen MR) is 150 cm³/mol.